The zero-order valence-electron chi connectivity index (χ0n) is 37.4. The molecular formula is C48H97NO6. The van der Waals surface area contributed by atoms with Crippen molar-refractivity contribution in [2.45, 2.75) is 245 Å². The smallest absolute Gasteiger partial charge is 0.407 e. The summed E-state index contributed by atoms with van der Waals surface area (Å²) in [6.07, 6.45) is 46.2. The number of unbranched alkanes of at least 4 members (excludes halogenated alkanes) is 30. The van der Waals surface area contributed by atoms with Gasteiger partial charge in [0, 0.05) is 33.5 Å². The summed E-state index contributed by atoms with van der Waals surface area (Å²) in [7, 11) is 1.66. The molecule has 0 aliphatic rings. The number of hydrogen-bond donors (Lipinski definition) is 1. The van der Waals surface area contributed by atoms with Crippen molar-refractivity contribution in [3.05, 3.63) is 0 Å². The zero-order chi connectivity index (χ0) is 39.8. The van der Waals surface area contributed by atoms with Gasteiger partial charge in [-0.3, -0.25) is 0 Å². The van der Waals surface area contributed by atoms with E-state index in [0.717, 1.165) is 45.3 Å². The maximum atomic E-state index is 12.1. The lowest BCUT2D eigenvalue weighted by Gasteiger charge is -2.18. The molecule has 330 valence electrons. The second-order valence-electron chi connectivity index (χ2n) is 16.3. The zero-order valence-corrected chi connectivity index (χ0v) is 37.4. The Balaban J connectivity index is 4.00. The summed E-state index contributed by atoms with van der Waals surface area (Å²) in [6.45, 7) is 9.53. The molecule has 7 nitrogen and oxygen atoms in total. The number of nitrogens with one attached hydrogen (secondary N) is 1. The minimum Gasteiger partial charge on any atom is -0.450 e. The van der Waals surface area contributed by atoms with Crippen molar-refractivity contribution in [2.75, 3.05) is 59.9 Å². The molecule has 0 saturated heterocycles. The quantitative estimate of drug-likeness (QED) is 0.0620. The third-order valence-electron chi connectivity index (χ3n) is 10.9. The fourth-order valence-corrected chi connectivity index (χ4v) is 7.22. The van der Waals surface area contributed by atoms with Crippen LogP contribution >= 0.6 is 0 Å². The molecule has 0 aliphatic heterocycles. The van der Waals surface area contributed by atoms with Crippen LogP contribution < -0.4 is 5.32 Å². The Morgan fingerprint density at radius 2 is 0.818 bits per heavy atom. The lowest BCUT2D eigenvalue weighted by Crippen LogP contribution is -2.27. The standard InChI is InChI=1S/C48H97NO6/c1-4-6-8-10-12-14-16-18-20-22-24-26-28-30-32-34-40-53-46-47(38-36-43-55-48(50)49-39-37-41-52-45-44-51-3)54-42-35-33-31-29-27-25-23-21-19-17-15-13-11-9-7-5-2/h47H,4-46H2,1-3H3,(H,49,50)/t47-/m0/s1. The molecule has 0 aliphatic carbocycles. The summed E-state index contributed by atoms with van der Waals surface area (Å²) in [4.78, 5) is 12.1. The minimum absolute atomic E-state index is 0.0632. The maximum Gasteiger partial charge on any atom is 0.407 e. The third kappa shape index (κ3) is 47.4. The van der Waals surface area contributed by atoms with Gasteiger partial charge in [-0.05, 0) is 32.1 Å². The van der Waals surface area contributed by atoms with E-state index in [4.69, 9.17) is 23.7 Å². The minimum atomic E-state index is -0.359. The van der Waals surface area contributed by atoms with Crippen LogP contribution in [-0.2, 0) is 23.7 Å². The van der Waals surface area contributed by atoms with Gasteiger partial charge in [-0.25, -0.2) is 4.79 Å². The van der Waals surface area contributed by atoms with Gasteiger partial charge in [0.05, 0.1) is 32.5 Å². The lowest BCUT2D eigenvalue weighted by molar-refractivity contribution is -0.0251. The second-order valence-corrected chi connectivity index (χ2v) is 16.3. The van der Waals surface area contributed by atoms with Crippen LogP contribution in [0.5, 0.6) is 0 Å². The van der Waals surface area contributed by atoms with Crippen molar-refractivity contribution in [1.29, 1.82) is 0 Å². The number of hydrogen-bond acceptors (Lipinski definition) is 6. The summed E-state index contributed by atoms with van der Waals surface area (Å²) >= 11 is 0. The van der Waals surface area contributed by atoms with Crippen molar-refractivity contribution in [3.63, 3.8) is 0 Å². The van der Waals surface area contributed by atoms with Crippen LogP contribution in [0.3, 0.4) is 0 Å². The number of ether oxygens (including phenoxy) is 5. The number of amides is 1. The number of methoxy groups -OCH3 is 1. The Bertz CT molecular complexity index is 710. The van der Waals surface area contributed by atoms with Crippen molar-refractivity contribution >= 4 is 6.09 Å². The molecule has 0 radical (unpaired) electrons. The topological polar surface area (TPSA) is 75.3 Å². The molecule has 0 heterocycles. The van der Waals surface area contributed by atoms with E-state index in [-0.39, 0.29) is 12.2 Å². The molecule has 0 bridgehead atoms. The molecule has 7 heteroatoms. The molecule has 0 spiro atoms. The van der Waals surface area contributed by atoms with Crippen LogP contribution in [0.2, 0.25) is 0 Å². The van der Waals surface area contributed by atoms with Gasteiger partial charge in [0.1, 0.15) is 0 Å². The molecule has 0 aromatic carbocycles. The Hall–Kier alpha value is -0.890. The van der Waals surface area contributed by atoms with E-state index in [1.807, 2.05) is 0 Å². The third-order valence-corrected chi connectivity index (χ3v) is 10.9. The Kier molecular flexibility index (Phi) is 48.5. The molecule has 0 rings (SSSR count). The SMILES string of the molecule is CCCCCCCCCCCCCCCCCCOC[C@H](CCCOC(=O)NCCCOCCOC)OCCCCCCCCCCCCCCCCCC. The van der Waals surface area contributed by atoms with Crippen molar-refractivity contribution in [3.8, 4) is 0 Å². The fourth-order valence-electron chi connectivity index (χ4n) is 7.22. The van der Waals surface area contributed by atoms with Gasteiger partial charge in [-0.15, -0.1) is 0 Å². The van der Waals surface area contributed by atoms with Crippen LogP contribution in [0.15, 0.2) is 0 Å². The highest BCUT2D eigenvalue weighted by Gasteiger charge is 2.11. The highest BCUT2D eigenvalue weighted by Crippen LogP contribution is 2.16. The van der Waals surface area contributed by atoms with E-state index in [0.29, 0.717) is 39.6 Å². The van der Waals surface area contributed by atoms with E-state index in [2.05, 4.69) is 19.2 Å². The van der Waals surface area contributed by atoms with E-state index in [9.17, 15) is 4.79 Å². The lowest BCUT2D eigenvalue weighted by atomic mass is 10.0. The maximum absolute atomic E-state index is 12.1. The summed E-state index contributed by atoms with van der Waals surface area (Å²) < 4.78 is 28.2. The van der Waals surface area contributed by atoms with Crippen LogP contribution in [0.1, 0.15) is 239 Å². The number of alkyl carbamates (subject to hydrolysis) is 1. The average molecular weight is 784 g/mol. The van der Waals surface area contributed by atoms with Gasteiger partial charge < -0.3 is 29.0 Å². The van der Waals surface area contributed by atoms with Gasteiger partial charge in [0.2, 0.25) is 0 Å². The molecule has 0 aromatic rings. The predicted octanol–water partition coefficient (Wildman–Crippen LogP) is 14.5. The van der Waals surface area contributed by atoms with E-state index < -0.39 is 0 Å². The van der Waals surface area contributed by atoms with Crippen LogP contribution in [0.25, 0.3) is 0 Å². The van der Waals surface area contributed by atoms with Crippen LogP contribution in [0.4, 0.5) is 4.79 Å². The van der Waals surface area contributed by atoms with Crippen molar-refractivity contribution < 1.29 is 28.5 Å². The fraction of sp³-hybridized carbons (Fsp3) is 0.979. The Morgan fingerprint density at radius 1 is 0.418 bits per heavy atom. The van der Waals surface area contributed by atoms with Gasteiger partial charge in [-0.2, -0.15) is 0 Å². The van der Waals surface area contributed by atoms with Gasteiger partial charge >= 0.3 is 6.09 Å². The number of carbonyl (C=O) groups is 1. The first-order valence-electron chi connectivity index (χ1n) is 24.4. The average Bonchev–Trinajstić information content (AvgIpc) is 3.19. The summed E-state index contributed by atoms with van der Waals surface area (Å²) in [6, 6.07) is 0. The largest absolute Gasteiger partial charge is 0.450 e. The van der Waals surface area contributed by atoms with E-state index in [1.54, 1.807) is 7.11 Å². The molecule has 0 aromatic heterocycles. The summed E-state index contributed by atoms with van der Waals surface area (Å²) in [5, 5.41) is 2.81. The number of carbonyl (C=O) groups excluding carboxylic acids is 1. The first kappa shape index (κ1) is 54.1. The second kappa shape index (κ2) is 49.3. The Morgan fingerprint density at radius 3 is 1.25 bits per heavy atom. The highest BCUT2D eigenvalue weighted by atomic mass is 16.6. The molecular weight excluding hydrogens is 687 g/mol. The van der Waals surface area contributed by atoms with Gasteiger partial charge in [-0.1, -0.05) is 206 Å². The van der Waals surface area contributed by atoms with Gasteiger partial charge in [0.15, 0.2) is 0 Å². The molecule has 0 unspecified atom stereocenters. The molecule has 1 atom stereocenters. The molecule has 0 saturated carbocycles. The van der Waals surface area contributed by atoms with E-state index >= 15 is 0 Å². The normalized spacial score (nSPS) is 12.1. The predicted molar refractivity (Wildman–Crippen MR) is 236 cm³/mol. The van der Waals surface area contributed by atoms with Crippen LogP contribution in [-0.4, -0.2) is 72.1 Å². The first-order valence-corrected chi connectivity index (χ1v) is 24.4. The van der Waals surface area contributed by atoms with Crippen LogP contribution in [0, 0.1) is 0 Å². The van der Waals surface area contributed by atoms with Crippen molar-refractivity contribution in [1.82, 2.24) is 5.32 Å². The van der Waals surface area contributed by atoms with E-state index in [1.165, 1.54) is 193 Å². The molecule has 1 N–H and O–H groups in total. The molecule has 0 fully saturated rings. The molecule has 55 heavy (non-hydrogen) atoms. The molecule has 1 amide bonds. The van der Waals surface area contributed by atoms with Gasteiger partial charge in [0.25, 0.3) is 0 Å². The van der Waals surface area contributed by atoms with Crippen molar-refractivity contribution in [2.24, 2.45) is 0 Å². The Labute approximate surface area is 343 Å². The first-order chi connectivity index (χ1) is 27.2. The highest BCUT2D eigenvalue weighted by molar-refractivity contribution is 5.66. The summed E-state index contributed by atoms with van der Waals surface area (Å²) in [5.74, 6) is 0. The monoisotopic (exact) mass is 784 g/mol. The number of rotatable bonds is 48. The summed E-state index contributed by atoms with van der Waals surface area (Å²) in [5.41, 5.74) is 0.